The fourth-order valence-corrected chi connectivity index (χ4v) is 8.74. The third-order valence-electron chi connectivity index (χ3n) is 9.90. The van der Waals surface area contributed by atoms with E-state index >= 15 is 0 Å². The zero-order valence-electron chi connectivity index (χ0n) is 28.4. The van der Waals surface area contributed by atoms with Crippen LogP contribution in [0.4, 0.5) is 13.2 Å². The van der Waals surface area contributed by atoms with Crippen molar-refractivity contribution in [2.45, 2.75) is 6.18 Å². The topological polar surface area (TPSA) is 43.6 Å². The lowest BCUT2D eigenvalue weighted by atomic mass is 9.95. The number of fused-ring (bicyclic) bond motifs is 7. The van der Waals surface area contributed by atoms with Crippen molar-refractivity contribution in [1.82, 2.24) is 19.5 Å². The van der Waals surface area contributed by atoms with E-state index in [-0.39, 0.29) is 5.56 Å². The van der Waals surface area contributed by atoms with Crippen LogP contribution in [0.3, 0.4) is 0 Å². The first kappa shape index (κ1) is 32.0. The summed E-state index contributed by atoms with van der Waals surface area (Å²) in [6.07, 6.45) is -4.60. The second kappa shape index (κ2) is 12.5. The molecule has 0 bridgehead atoms. The maximum atomic E-state index is 14.9. The lowest BCUT2D eigenvalue weighted by molar-refractivity contribution is -0.137. The second-order valence-corrected chi connectivity index (χ2v) is 14.2. The van der Waals surface area contributed by atoms with E-state index in [1.165, 1.54) is 16.2 Å². The minimum Gasteiger partial charge on any atom is -0.309 e. The predicted octanol–water partition coefficient (Wildman–Crippen LogP) is 13.0. The summed E-state index contributed by atoms with van der Waals surface area (Å²) in [7, 11) is 0. The van der Waals surface area contributed by atoms with Gasteiger partial charge in [-0.25, -0.2) is 15.0 Å². The Morgan fingerprint density at radius 1 is 0.463 bits per heavy atom. The van der Waals surface area contributed by atoms with Crippen molar-refractivity contribution in [3.63, 3.8) is 0 Å². The van der Waals surface area contributed by atoms with Gasteiger partial charge in [0.05, 0.1) is 22.3 Å². The highest BCUT2D eigenvalue weighted by atomic mass is 32.1. The van der Waals surface area contributed by atoms with Gasteiger partial charge in [0.25, 0.3) is 0 Å². The van der Waals surface area contributed by atoms with Crippen LogP contribution in [0.2, 0.25) is 0 Å². The second-order valence-electron chi connectivity index (χ2n) is 13.1. The van der Waals surface area contributed by atoms with E-state index < -0.39 is 11.7 Å². The molecule has 10 rings (SSSR count). The van der Waals surface area contributed by atoms with Crippen molar-refractivity contribution >= 4 is 53.3 Å². The minimum atomic E-state index is -4.60. The van der Waals surface area contributed by atoms with Gasteiger partial charge in [-0.1, -0.05) is 121 Å². The zero-order chi connectivity index (χ0) is 36.4. The molecule has 0 radical (unpaired) electrons. The average molecular weight is 725 g/mol. The first-order chi connectivity index (χ1) is 26.4. The standard InChI is InChI=1S/C46H27F3N4S/c47-46(48,49)36-20-10-7-17-31(36)35-27-30(45-51-43(28-13-3-1-4-14-28)50-44(52-45)29-15-5-2-6-16-29)23-25-38(35)53-37-21-11-8-19-34(37)41-39(53)26-24-33-32-18-9-12-22-40(32)54-42(33)41/h1-27H. The van der Waals surface area contributed by atoms with E-state index in [9.17, 15) is 13.2 Å². The van der Waals surface area contributed by atoms with Crippen LogP contribution in [0, 0.1) is 0 Å². The lowest BCUT2D eigenvalue weighted by Crippen LogP contribution is -2.08. The van der Waals surface area contributed by atoms with Crippen LogP contribution in [0.5, 0.6) is 0 Å². The van der Waals surface area contributed by atoms with Crippen LogP contribution in [0.25, 0.3) is 93.0 Å². The van der Waals surface area contributed by atoms with Crippen LogP contribution in [-0.4, -0.2) is 19.5 Å². The predicted molar refractivity (Wildman–Crippen MR) is 214 cm³/mol. The van der Waals surface area contributed by atoms with Gasteiger partial charge in [0, 0.05) is 53.2 Å². The molecule has 0 aliphatic carbocycles. The van der Waals surface area contributed by atoms with E-state index in [4.69, 9.17) is 15.0 Å². The van der Waals surface area contributed by atoms with Crippen LogP contribution >= 0.6 is 11.3 Å². The highest BCUT2D eigenvalue weighted by Gasteiger charge is 2.34. The van der Waals surface area contributed by atoms with Crippen molar-refractivity contribution in [3.8, 4) is 51.0 Å². The molecular formula is C46H27F3N4S. The third kappa shape index (κ3) is 5.25. The smallest absolute Gasteiger partial charge is 0.309 e. The van der Waals surface area contributed by atoms with Gasteiger partial charge in [0.1, 0.15) is 0 Å². The molecule has 0 aliphatic rings. The molecule has 0 fully saturated rings. The van der Waals surface area contributed by atoms with Crippen molar-refractivity contribution < 1.29 is 13.2 Å². The zero-order valence-corrected chi connectivity index (χ0v) is 29.2. The number of nitrogens with zero attached hydrogens (tertiary/aromatic N) is 4. The monoisotopic (exact) mass is 724 g/mol. The number of thiophene rings is 1. The van der Waals surface area contributed by atoms with Crippen LogP contribution in [-0.2, 0) is 6.18 Å². The summed E-state index contributed by atoms with van der Waals surface area (Å²) in [5, 5.41) is 4.44. The Morgan fingerprint density at radius 3 is 1.76 bits per heavy atom. The minimum absolute atomic E-state index is 0.0661. The molecule has 0 unspecified atom stereocenters. The molecule has 8 heteroatoms. The number of para-hydroxylation sites is 1. The summed E-state index contributed by atoms with van der Waals surface area (Å²) in [5.41, 5.74) is 4.34. The summed E-state index contributed by atoms with van der Waals surface area (Å²) < 4.78 is 49.0. The number of alkyl halides is 3. The molecule has 4 nitrogen and oxygen atoms in total. The summed E-state index contributed by atoms with van der Waals surface area (Å²) in [5.74, 6) is 1.29. The lowest BCUT2D eigenvalue weighted by Gasteiger charge is -2.19. The van der Waals surface area contributed by atoms with E-state index in [1.54, 1.807) is 29.5 Å². The van der Waals surface area contributed by atoms with Gasteiger partial charge in [-0.05, 0) is 48.0 Å². The molecule has 7 aromatic carbocycles. The Labute approximate surface area is 311 Å². The van der Waals surface area contributed by atoms with Gasteiger partial charge in [0.2, 0.25) is 0 Å². The third-order valence-corrected chi connectivity index (χ3v) is 11.1. The quantitative estimate of drug-likeness (QED) is 0.177. The first-order valence-corrected chi connectivity index (χ1v) is 18.3. The summed E-state index contributed by atoms with van der Waals surface area (Å²) in [6, 6.07) is 51.3. The van der Waals surface area contributed by atoms with Gasteiger partial charge in [-0.2, -0.15) is 13.2 Å². The Kier molecular flexibility index (Phi) is 7.42. The Bertz CT molecular complexity index is 2980. The molecule has 54 heavy (non-hydrogen) atoms. The average Bonchev–Trinajstić information content (AvgIpc) is 3.77. The highest BCUT2D eigenvalue weighted by molar-refractivity contribution is 7.26. The van der Waals surface area contributed by atoms with Crippen LogP contribution < -0.4 is 0 Å². The normalized spacial score (nSPS) is 12.0. The molecule has 0 saturated heterocycles. The maximum absolute atomic E-state index is 14.9. The summed E-state index contributed by atoms with van der Waals surface area (Å²) >= 11 is 1.74. The number of aromatic nitrogens is 4. The van der Waals surface area contributed by atoms with Crippen LogP contribution in [0.15, 0.2) is 164 Å². The largest absolute Gasteiger partial charge is 0.417 e. The molecule has 0 spiro atoms. The molecule has 258 valence electrons. The van der Waals surface area contributed by atoms with Crippen LogP contribution in [0.1, 0.15) is 5.56 Å². The Hall–Kier alpha value is -6.64. The Balaban J connectivity index is 1.27. The van der Waals surface area contributed by atoms with Crippen molar-refractivity contribution in [2.24, 2.45) is 0 Å². The van der Waals surface area contributed by atoms with Gasteiger partial charge in [-0.3, -0.25) is 0 Å². The molecule has 3 aromatic heterocycles. The Morgan fingerprint density at radius 2 is 1.06 bits per heavy atom. The van der Waals surface area contributed by atoms with Crippen molar-refractivity contribution in [3.05, 3.63) is 169 Å². The van der Waals surface area contributed by atoms with Gasteiger partial charge >= 0.3 is 6.18 Å². The number of hydrogen-bond donors (Lipinski definition) is 0. The first-order valence-electron chi connectivity index (χ1n) is 17.4. The molecule has 0 N–H and O–H groups in total. The highest BCUT2D eigenvalue weighted by Crippen LogP contribution is 2.46. The van der Waals surface area contributed by atoms with E-state index in [2.05, 4.69) is 34.9 Å². The van der Waals surface area contributed by atoms with E-state index in [0.29, 0.717) is 34.3 Å². The van der Waals surface area contributed by atoms with E-state index in [0.717, 1.165) is 49.1 Å². The molecule has 10 aromatic rings. The molecule has 0 saturated carbocycles. The number of halogens is 3. The summed E-state index contributed by atoms with van der Waals surface area (Å²) in [6.45, 7) is 0. The molecule has 0 atom stereocenters. The van der Waals surface area contributed by atoms with Gasteiger partial charge in [-0.15, -0.1) is 11.3 Å². The van der Waals surface area contributed by atoms with Gasteiger partial charge in [0.15, 0.2) is 17.5 Å². The van der Waals surface area contributed by atoms with E-state index in [1.807, 2.05) is 103 Å². The molecule has 0 aliphatic heterocycles. The summed E-state index contributed by atoms with van der Waals surface area (Å²) in [4.78, 5) is 14.6. The molecular weight excluding hydrogens is 698 g/mol. The maximum Gasteiger partial charge on any atom is 0.417 e. The van der Waals surface area contributed by atoms with Gasteiger partial charge < -0.3 is 4.57 Å². The fraction of sp³-hybridized carbons (Fsp3) is 0.0217. The fourth-order valence-electron chi connectivity index (χ4n) is 7.48. The van der Waals surface area contributed by atoms with Crippen molar-refractivity contribution in [1.29, 1.82) is 0 Å². The van der Waals surface area contributed by atoms with Crippen molar-refractivity contribution in [2.75, 3.05) is 0 Å². The SMILES string of the molecule is FC(F)(F)c1ccccc1-c1cc(-c2nc(-c3ccccc3)nc(-c3ccccc3)n2)ccc1-n1c2ccccc2c2c3sc4ccccc4c3ccc21. The molecule has 0 amide bonds. The molecule has 3 heterocycles. The number of rotatable bonds is 5. The number of hydrogen-bond acceptors (Lipinski definition) is 4. The number of benzene rings is 7.